The maximum atomic E-state index is 9.87. The van der Waals surface area contributed by atoms with Gasteiger partial charge in [-0.15, -0.1) is 0 Å². The molecule has 0 N–H and O–H groups in total. The maximum Gasteiger partial charge on any atom is 2.00 e. The van der Waals surface area contributed by atoms with E-state index >= 15 is 0 Å². The molecule has 1 aromatic carbocycles. The normalized spacial score (nSPS) is 24.8. The number of halogens is 6. The summed E-state index contributed by atoms with van der Waals surface area (Å²) in [6.45, 7) is 4.68. The molecule has 8 heteroatoms. The van der Waals surface area contributed by atoms with Crippen molar-refractivity contribution >= 4 is 7.81 Å². The molecule has 0 aromatic heterocycles. The molecule has 0 amide bonds. The Morgan fingerprint density at radius 3 is 1.16 bits per heavy atom. The third-order valence-corrected chi connectivity index (χ3v) is 3.65. The van der Waals surface area contributed by atoms with E-state index in [1.165, 1.54) is 12.8 Å². The first-order valence-electron chi connectivity index (χ1n) is 7.56. The Morgan fingerprint density at radius 1 is 0.680 bits per heavy atom. The number of rotatable bonds is 0. The fraction of sp³-hybridized carbons (Fsp3) is 0.353. The number of fused-ring (bicyclic) bond motifs is 1. The second kappa shape index (κ2) is 8.63. The van der Waals surface area contributed by atoms with E-state index in [0.29, 0.717) is 0 Å². The van der Waals surface area contributed by atoms with Crippen LogP contribution >= 0.6 is 7.81 Å². The van der Waals surface area contributed by atoms with Crippen molar-refractivity contribution in [1.29, 1.82) is 0 Å². The molecule has 2 unspecified atom stereocenters. The van der Waals surface area contributed by atoms with Crippen LogP contribution in [0.4, 0.5) is 25.2 Å². The first-order valence-corrected chi connectivity index (χ1v) is 9.59. The molecule has 5 radical (unpaired) electrons. The molecule has 2 atom stereocenters. The number of hydrogen-bond acceptors (Lipinski definition) is 0. The van der Waals surface area contributed by atoms with Crippen molar-refractivity contribution in [2.45, 2.75) is 38.5 Å². The van der Waals surface area contributed by atoms with E-state index in [9.17, 15) is 25.2 Å². The van der Waals surface area contributed by atoms with E-state index in [4.69, 9.17) is 0 Å². The SMILES string of the molecule is CC1CCC(C)c2ccccc21.F[P-](F)(F)(F)(F)F.[CH]1[CH][CH][CH][CH]1.[Fe+2]. The second-order valence-electron chi connectivity index (χ2n) is 5.93. The minimum Gasteiger partial charge on any atom is -0.0312 e. The molecular weight excluding hydrogens is 405 g/mol. The molecule has 2 aliphatic carbocycles. The summed E-state index contributed by atoms with van der Waals surface area (Å²) in [5.74, 6) is 1.55. The van der Waals surface area contributed by atoms with Gasteiger partial charge in [0.2, 0.25) is 0 Å². The molecule has 0 aliphatic heterocycles. The van der Waals surface area contributed by atoms with Gasteiger partial charge in [-0.2, -0.15) is 0 Å². The summed E-state index contributed by atoms with van der Waals surface area (Å²) in [7, 11) is -10.7. The van der Waals surface area contributed by atoms with Crippen LogP contribution in [-0.2, 0) is 17.1 Å². The Kier molecular flexibility index (Phi) is 8.54. The molecule has 0 nitrogen and oxygen atoms in total. The molecule has 1 aromatic rings. The van der Waals surface area contributed by atoms with Crippen molar-refractivity contribution in [3.63, 3.8) is 0 Å². The molecule has 0 spiro atoms. The summed E-state index contributed by atoms with van der Waals surface area (Å²) >= 11 is 0. The largest absolute Gasteiger partial charge is 2.00 e. The Morgan fingerprint density at radius 2 is 0.920 bits per heavy atom. The van der Waals surface area contributed by atoms with Crippen molar-refractivity contribution in [1.82, 2.24) is 0 Å². The fourth-order valence-corrected chi connectivity index (χ4v) is 2.54. The van der Waals surface area contributed by atoms with Gasteiger partial charge in [0.15, 0.2) is 0 Å². The van der Waals surface area contributed by atoms with Crippen molar-refractivity contribution < 1.29 is 42.3 Å². The summed E-state index contributed by atoms with van der Waals surface area (Å²) in [6.07, 6.45) is 12.7. The zero-order chi connectivity index (χ0) is 18.5. The van der Waals surface area contributed by atoms with Gasteiger partial charge < -0.3 is 0 Å². The first-order chi connectivity index (χ1) is 10.7. The molecule has 0 saturated heterocycles. The van der Waals surface area contributed by atoms with E-state index < -0.39 is 7.81 Å². The number of hydrogen-bond donors (Lipinski definition) is 0. The molecule has 0 bridgehead atoms. The van der Waals surface area contributed by atoms with Crippen LogP contribution in [0.15, 0.2) is 24.3 Å². The molecule has 1 fully saturated rings. The van der Waals surface area contributed by atoms with Crippen LogP contribution < -0.4 is 0 Å². The monoisotopic (exact) mass is 426 g/mol. The summed E-state index contributed by atoms with van der Waals surface area (Å²) in [5.41, 5.74) is 3.16. The van der Waals surface area contributed by atoms with Crippen LogP contribution in [0.25, 0.3) is 0 Å². The summed E-state index contributed by atoms with van der Waals surface area (Å²) < 4.78 is 59.2. The fourth-order valence-electron chi connectivity index (χ4n) is 2.54. The van der Waals surface area contributed by atoms with E-state index in [1.807, 2.05) is 32.1 Å². The van der Waals surface area contributed by atoms with E-state index in [0.717, 1.165) is 11.8 Å². The molecule has 2 aliphatic rings. The summed E-state index contributed by atoms with van der Waals surface area (Å²) in [4.78, 5) is 0. The Hall–Kier alpha value is -0.251. The molecule has 0 heterocycles. The second-order valence-corrected chi connectivity index (χ2v) is 7.85. The van der Waals surface area contributed by atoms with Crippen molar-refractivity contribution in [3.8, 4) is 0 Å². The van der Waals surface area contributed by atoms with Crippen LogP contribution in [0.5, 0.6) is 0 Å². The van der Waals surface area contributed by atoms with Gasteiger partial charge in [0.05, 0.1) is 0 Å². The molecule has 1 saturated carbocycles. The van der Waals surface area contributed by atoms with Crippen LogP contribution in [-0.4, -0.2) is 0 Å². The predicted octanol–water partition coefficient (Wildman–Crippen LogP) is 8.09. The summed E-state index contributed by atoms with van der Waals surface area (Å²) in [6, 6.07) is 8.89. The third-order valence-electron chi connectivity index (χ3n) is 3.65. The van der Waals surface area contributed by atoms with Gasteiger partial charge in [0.1, 0.15) is 0 Å². The van der Waals surface area contributed by atoms with E-state index in [1.54, 1.807) is 11.1 Å². The standard InChI is InChI=1S/C12H16.C5H5.F6P.Fe/c1-9-7-8-10(2)12-6-4-3-5-11(9)12;1-2-4-5-3-1;1-7(2,3,4,5)6;/h3-6,9-10H,7-8H2,1-2H3;1-5H;;/q;;-1;+2. The topological polar surface area (TPSA) is 0 Å². The molecule has 25 heavy (non-hydrogen) atoms. The molecule has 143 valence electrons. The quantitative estimate of drug-likeness (QED) is 0.224. The van der Waals surface area contributed by atoms with Gasteiger partial charge in [0.25, 0.3) is 0 Å². The van der Waals surface area contributed by atoms with Gasteiger partial charge in [-0.3, -0.25) is 0 Å². The van der Waals surface area contributed by atoms with Crippen LogP contribution in [0, 0.1) is 32.1 Å². The summed E-state index contributed by atoms with van der Waals surface area (Å²) in [5, 5.41) is 0. The third kappa shape index (κ3) is 13.6. The number of benzene rings is 1. The van der Waals surface area contributed by atoms with E-state index in [-0.39, 0.29) is 17.1 Å². The van der Waals surface area contributed by atoms with Gasteiger partial charge in [0, 0.05) is 0 Å². The van der Waals surface area contributed by atoms with Gasteiger partial charge in [-0.05, 0) is 67.9 Å². The molecule has 3 rings (SSSR count). The van der Waals surface area contributed by atoms with Gasteiger partial charge in [-0.1, -0.05) is 38.1 Å². The maximum absolute atomic E-state index is 10.7. The van der Waals surface area contributed by atoms with Gasteiger partial charge >= 0.3 is 50.1 Å². The Labute approximate surface area is 156 Å². The van der Waals surface area contributed by atoms with Crippen LogP contribution in [0.2, 0.25) is 0 Å². The predicted molar refractivity (Wildman–Crippen MR) is 87.6 cm³/mol. The zero-order valence-electron chi connectivity index (χ0n) is 13.8. The average molecular weight is 426 g/mol. The minimum atomic E-state index is -10.7. The van der Waals surface area contributed by atoms with Gasteiger partial charge in [-0.25, -0.2) is 0 Å². The van der Waals surface area contributed by atoms with Crippen LogP contribution in [0.1, 0.15) is 49.7 Å². The average Bonchev–Trinajstić information content (AvgIpc) is 2.99. The first kappa shape index (κ1) is 24.7. The Bertz CT molecular complexity index is 477. The Balaban J connectivity index is 0.000000380. The van der Waals surface area contributed by atoms with E-state index in [2.05, 4.69) is 38.1 Å². The minimum absolute atomic E-state index is 0. The van der Waals surface area contributed by atoms with Crippen molar-refractivity contribution in [2.24, 2.45) is 0 Å². The van der Waals surface area contributed by atoms with Crippen LogP contribution in [0.3, 0.4) is 0 Å². The smallest absolute Gasteiger partial charge is 0.0312 e. The zero-order valence-corrected chi connectivity index (χ0v) is 15.8. The van der Waals surface area contributed by atoms with Crippen molar-refractivity contribution in [3.05, 3.63) is 67.5 Å². The van der Waals surface area contributed by atoms with Crippen molar-refractivity contribution in [2.75, 3.05) is 0 Å². The molecular formula is C17H21F6FeP+.